The summed E-state index contributed by atoms with van der Waals surface area (Å²) in [5.74, 6) is 0. The fourth-order valence-electron chi connectivity index (χ4n) is 3.19. The lowest BCUT2D eigenvalue weighted by Crippen LogP contribution is -2.52. The van der Waals surface area contributed by atoms with E-state index in [2.05, 4.69) is 0 Å². The molecule has 1 heterocycles. The molecule has 2 atom stereocenters. The summed E-state index contributed by atoms with van der Waals surface area (Å²) < 4.78 is 34.7. The van der Waals surface area contributed by atoms with Gasteiger partial charge in [0.25, 0.3) is 10.2 Å². The molecule has 5 nitrogen and oxygen atoms in total. The van der Waals surface area contributed by atoms with E-state index in [1.165, 1.54) is 4.31 Å². The summed E-state index contributed by atoms with van der Waals surface area (Å²) in [7, 11) is -0.349. The van der Waals surface area contributed by atoms with Gasteiger partial charge in [0, 0.05) is 32.8 Å². The van der Waals surface area contributed by atoms with E-state index in [1.807, 2.05) is 51.1 Å². The first-order chi connectivity index (χ1) is 10.6. The third-order valence-electron chi connectivity index (χ3n) is 4.42. The van der Waals surface area contributed by atoms with Gasteiger partial charge in [-0.25, -0.2) is 0 Å². The number of rotatable bonds is 5. The molecule has 0 unspecified atom stereocenters. The third kappa shape index (κ3) is 4.12. The minimum atomic E-state index is -3.53. The van der Waals surface area contributed by atoms with Crippen LogP contribution in [0.2, 0.25) is 0 Å². The molecule has 23 heavy (non-hydrogen) atoms. The van der Waals surface area contributed by atoms with Crippen molar-refractivity contribution >= 4 is 10.2 Å². The molecule has 0 spiro atoms. The number of hydrogen-bond donors (Lipinski definition) is 0. The zero-order valence-electron chi connectivity index (χ0n) is 14.7. The highest BCUT2D eigenvalue weighted by Gasteiger charge is 2.41. The maximum absolute atomic E-state index is 13.0. The number of hydrogen-bond acceptors (Lipinski definition) is 3. The Morgan fingerprint density at radius 1 is 1.22 bits per heavy atom. The largest absolute Gasteiger partial charge is 0.375 e. The lowest BCUT2D eigenvalue weighted by Gasteiger charge is -2.43. The van der Waals surface area contributed by atoms with Gasteiger partial charge in [0.2, 0.25) is 0 Å². The van der Waals surface area contributed by atoms with Crippen molar-refractivity contribution in [3.63, 3.8) is 0 Å². The Kier molecular flexibility index (Phi) is 5.51. The molecular formula is C17H28N2O3S. The van der Waals surface area contributed by atoms with Gasteiger partial charge in [0.15, 0.2) is 0 Å². The predicted octanol–water partition coefficient (Wildman–Crippen LogP) is 2.81. The van der Waals surface area contributed by atoms with Crippen molar-refractivity contribution in [1.82, 2.24) is 8.61 Å². The molecule has 0 radical (unpaired) electrons. The first-order valence-corrected chi connectivity index (χ1v) is 9.45. The molecule has 6 heteroatoms. The maximum atomic E-state index is 13.0. The second-order valence-electron chi connectivity index (χ2n) is 6.96. The minimum Gasteiger partial charge on any atom is -0.375 e. The zero-order valence-corrected chi connectivity index (χ0v) is 15.5. The van der Waals surface area contributed by atoms with Crippen LogP contribution in [0.25, 0.3) is 0 Å². The van der Waals surface area contributed by atoms with Gasteiger partial charge >= 0.3 is 0 Å². The first-order valence-electron chi connectivity index (χ1n) is 8.05. The van der Waals surface area contributed by atoms with Crippen molar-refractivity contribution < 1.29 is 13.2 Å². The van der Waals surface area contributed by atoms with Crippen LogP contribution >= 0.6 is 0 Å². The van der Waals surface area contributed by atoms with Crippen molar-refractivity contribution in [2.75, 3.05) is 20.7 Å². The van der Waals surface area contributed by atoms with Crippen LogP contribution in [-0.4, -0.2) is 49.4 Å². The van der Waals surface area contributed by atoms with Gasteiger partial charge in [-0.3, -0.25) is 0 Å². The smallest absolute Gasteiger partial charge is 0.282 e. The van der Waals surface area contributed by atoms with Crippen molar-refractivity contribution in [3.05, 3.63) is 35.9 Å². The van der Waals surface area contributed by atoms with E-state index in [0.29, 0.717) is 19.4 Å². The van der Waals surface area contributed by atoms with Crippen LogP contribution in [-0.2, 0) is 14.9 Å². The molecule has 0 saturated carbocycles. The fraction of sp³-hybridized carbons (Fsp3) is 0.647. The predicted molar refractivity (Wildman–Crippen MR) is 92.4 cm³/mol. The number of benzene rings is 1. The van der Waals surface area contributed by atoms with Gasteiger partial charge < -0.3 is 4.74 Å². The molecule has 0 bridgehead atoms. The van der Waals surface area contributed by atoms with E-state index in [-0.39, 0.29) is 17.7 Å². The monoisotopic (exact) mass is 340 g/mol. The Hall–Kier alpha value is -0.950. The summed E-state index contributed by atoms with van der Waals surface area (Å²) in [6, 6.07) is 9.50. The van der Waals surface area contributed by atoms with Gasteiger partial charge in [0.05, 0.1) is 5.60 Å². The molecule has 1 aliphatic heterocycles. The Morgan fingerprint density at radius 3 is 2.35 bits per heavy atom. The molecule has 0 aliphatic carbocycles. The molecule has 130 valence electrons. The average molecular weight is 340 g/mol. The van der Waals surface area contributed by atoms with E-state index >= 15 is 0 Å². The maximum Gasteiger partial charge on any atom is 0.282 e. The molecule has 1 saturated heterocycles. The topological polar surface area (TPSA) is 49.9 Å². The summed E-state index contributed by atoms with van der Waals surface area (Å²) >= 11 is 0. The number of ether oxygens (including phenoxy) is 1. The normalized spacial score (nSPS) is 23.2. The average Bonchev–Trinajstić information content (AvgIpc) is 2.47. The zero-order chi connectivity index (χ0) is 17.3. The van der Waals surface area contributed by atoms with Gasteiger partial charge in [-0.2, -0.15) is 17.0 Å². The van der Waals surface area contributed by atoms with Crippen LogP contribution in [0.15, 0.2) is 30.3 Å². The molecular weight excluding hydrogens is 312 g/mol. The summed E-state index contributed by atoms with van der Waals surface area (Å²) in [5, 5.41) is 0. The van der Waals surface area contributed by atoms with Crippen LogP contribution in [0.1, 0.15) is 45.2 Å². The molecule has 1 aliphatic rings. The van der Waals surface area contributed by atoms with Crippen molar-refractivity contribution in [2.45, 2.75) is 51.3 Å². The lowest BCUT2D eigenvalue weighted by atomic mass is 9.93. The number of nitrogens with zero attached hydrogens (tertiary/aromatic N) is 2. The molecule has 2 rings (SSSR count). The molecule has 0 aromatic heterocycles. The molecule has 1 aromatic carbocycles. The third-order valence-corrected chi connectivity index (χ3v) is 6.49. The SMILES string of the molecule is C[C@@H](c1ccccc1)N([C@H]1CCOC(C)(C)C1)S(=O)(=O)N(C)C. The van der Waals surface area contributed by atoms with E-state index in [1.54, 1.807) is 18.4 Å². The highest BCUT2D eigenvalue weighted by atomic mass is 32.2. The Labute approximate surface area is 140 Å². The molecule has 0 N–H and O–H groups in total. The van der Waals surface area contributed by atoms with Crippen LogP contribution in [0.3, 0.4) is 0 Å². The van der Waals surface area contributed by atoms with Crippen LogP contribution in [0.4, 0.5) is 0 Å². The fourth-order valence-corrected chi connectivity index (χ4v) is 4.64. The highest BCUT2D eigenvalue weighted by Crippen LogP contribution is 2.35. The van der Waals surface area contributed by atoms with Crippen molar-refractivity contribution in [3.8, 4) is 0 Å². The summed E-state index contributed by atoms with van der Waals surface area (Å²) in [6.45, 7) is 6.58. The quantitative estimate of drug-likeness (QED) is 0.828. The van der Waals surface area contributed by atoms with Gasteiger partial charge in [0.1, 0.15) is 0 Å². The molecule has 1 fully saturated rings. The van der Waals surface area contributed by atoms with Gasteiger partial charge in [-0.05, 0) is 39.2 Å². The van der Waals surface area contributed by atoms with Gasteiger partial charge in [-0.1, -0.05) is 30.3 Å². The lowest BCUT2D eigenvalue weighted by molar-refractivity contribution is -0.0763. The molecule has 1 aromatic rings. The minimum absolute atomic E-state index is 0.0682. The first kappa shape index (κ1) is 18.4. The van der Waals surface area contributed by atoms with E-state index in [9.17, 15) is 8.42 Å². The standard InChI is InChI=1S/C17H28N2O3S/c1-14(15-9-7-6-8-10-15)19(23(20,21)18(4)5)16-11-12-22-17(2,3)13-16/h6-10,14,16H,11-13H2,1-5H3/t14-,16-/m0/s1. The Bertz CT molecular complexity index is 614. The van der Waals surface area contributed by atoms with Crippen LogP contribution in [0.5, 0.6) is 0 Å². The van der Waals surface area contributed by atoms with E-state index < -0.39 is 10.2 Å². The summed E-state index contributed by atoms with van der Waals surface area (Å²) in [5.41, 5.74) is 0.696. The summed E-state index contributed by atoms with van der Waals surface area (Å²) in [4.78, 5) is 0. The van der Waals surface area contributed by atoms with Crippen molar-refractivity contribution in [2.24, 2.45) is 0 Å². The second-order valence-corrected chi connectivity index (χ2v) is 9.01. The summed E-state index contributed by atoms with van der Waals surface area (Å²) in [6.07, 6.45) is 1.41. The van der Waals surface area contributed by atoms with Crippen molar-refractivity contribution in [1.29, 1.82) is 0 Å². The second kappa shape index (κ2) is 6.89. The highest BCUT2D eigenvalue weighted by molar-refractivity contribution is 7.86. The van der Waals surface area contributed by atoms with Gasteiger partial charge in [-0.15, -0.1) is 0 Å². The van der Waals surface area contributed by atoms with E-state index in [4.69, 9.17) is 4.74 Å². The molecule has 0 amide bonds. The van der Waals surface area contributed by atoms with Crippen LogP contribution < -0.4 is 0 Å². The van der Waals surface area contributed by atoms with Crippen LogP contribution in [0, 0.1) is 0 Å². The Balaban J connectivity index is 2.40. The van der Waals surface area contributed by atoms with E-state index in [0.717, 1.165) is 5.56 Å². The Morgan fingerprint density at radius 2 is 1.83 bits per heavy atom.